The highest BCUT2D eigenvalue weighted by atomic mass is 35.5. The van der Waals surface area contributed by atoms with Crippen molar-refractivity contribution in [1.29, 1.82) is 0 Å². The molecule has 4 rings (SSSR count). The molecule has 0 spiro atoms. The summed E-state index contributed by atoms with van der Waals surface area (Å²) in [6, 6.07) is 14.5. The zero-order chi connectivity index (χ0) is 24.7. The maximum atomic E-state index is 6.17. The molecule has 2 aromatic carbocycles. The van der Waals surface area contributed by atoms with Crippen molar-refractivity contribution >= 4 is 34.3 Å². The molecule has 0 N–H and O–H groups in total. The molecule has 0 saturated heterocycles. The molecule has 0 bridgehead atoms. The van der Waals surface area contributed by atoms with Crippen LogP contribution in [0.2, 0.25) is 5.02 Å². The van der Waals surface area contributed by atoms with E-state index in [1.807, 2.05) is 36.9 Å². The van der Waals surface area contributed by atoms with Gasteiger partial charge in [-0.15, -0.1) is 11.8 Å². The molecule has 0 saturated carbocycles. The summed E-state index contributed by atoms with van der Waals surface area (Å²) in [6.45, 7) is 13.9. The van der Waals surface area contributed by atoms with Gasteiger partial charge in [0, 0.05) is 49.6 Å². The van der Waals surface area contributed by atoms with E-state index in [1.54, 1.807) is 13.4 Å². The van der Waals surface area contributed by atoms with E-state index >= 15 is 0 Å². The number of hydrogen-bond donors (Lipinski definition) is 0. The summed E-state index contributed by atoms with van der Waals surface area (Å²) in [5.74, 6) is 1.62. The van der Waals surface area contributed by atoms with Crippen molar-refractivity contribution in [3.8, 4) is 5.75 Å². The van der Waals surface area contributed by atoms with Crippen molar-refractivity contribution in [3.63, 3.8) is 0 Å². The van der Waals surface area contributed by atoms with Crippen LogP contribution in [-0.4, -0.2) is 21.4 Å². The Labute approximate surface area is 211 Å². The average Bonchev–Trinajstić information content (AvgIpc) is 3.32. The van der Waals surface area contributed by atoms with E-state index < -0.39 is 0 Å². The third-order valence-corrected chi connectivity index (χ3v) is 7.32. The maximum Gasteiger partial charge on any atom is 0.200 e. The van der Waals surface area contributed by atoms with Gasteiger partial charge in [0.25, 0.3) is 0 Å². The van der Waals surface area contributed by atoms with Gasteiger partial charge in [0.15, 0.2) is 5.89 Å². The SMILES string of the molecule is COc1ccc2c(c1)c(SC(C)(C)C)c(CC(C)(C)c1nc(C)co1)n2Cc1ccc(Cl)cc1. The van der Waals surface area contributed by atoms with E-state index in [4.69, 9.17) is 20.8 Å². The van der Waals surface area contributed by atoms with Crippen LogP contribution in [0.15, 0.2) is 58.0 Å². The van der Waals surface area contributed by atoms with Gasteiger partial charge in [0.05, 0.1) is 12.8 Å². The number of oxazole rings is 1. The zero-order valence-corrected chi connectivity index (χ0v) is 22.6. The number of fused-ring (bicyclic) bond motifs is 1. The van der Waals surface area contributed by atoms with Crippen molar-refractivity contribution in [3.05, 3.63) is 76.6 Å². The molecule has 0 aliphatic heterocycles. The summed E-state index contributed by atoms with van der Waals surface area (Å²) < 4.78 is 13.9. The van der Waals surface area contributed by atoms with E-state index in [1.165, 1.54) is 27.1 Å². The fourth-order valence-corrected chi connectivity index (χ4v) is 5.50. The summed E-state index contributed by atoms with van der Waals surface area (Å²) in [6.07, 6.45) is 2.52. The molecule has 180 valence electrons. The lowest BCUT2D eigenvalue weighted by atomic mass is 9.87. The third kappa shape index (κ3) is 5.31. The highest BCUT2D eigenvalue weighted by Gasteiger charge is 2.32. The van der Waals surface area contributed by atoms with Gasteiger partial charge in [-0.3, -0.25) is 0 Å². The van der Waals surface area contributed by atoms with Crippen LogP contribution in [0.25, 0.3) is 10.9 Å². The Morgan fingerprint density at radius 1 is 1.06 bits per heavy atom. The van der Waals surface area contributed by atoms with Gasteiger partial charge in [-0.05, 0) is 42.8 Å². The minimum absolute atomic E-state index is 0.0425. The molecule has 0 radical (unpaired) electrons. The largest absolute Gasteiger partial charge is 0.497 e. The number of aryl methyl sites for hydroxylation is 1. The number of methoxy groups -OCH3 is 1. The summed E-state index contributed by atoms with van der Waals surface area (Å²) >= 11 is 8.07. The minimum Gasteiger partial charge on any atom is -0.497 e. The third-order valence-electron chi connectivity index (χ3n) is 5.80. The molecule has 34 heavy (non-hydrogen) atoms. The molecule has 2 aromatic heterocycles. The number of rotatable bonds is 7. The van der Waals surface area contributed by atoms with Crippen LogP contribution < -0.4 is 4.74 Å². The second-order valence-electron chi connectivity index (χ2n) is 10.4. The van der Waals surface area contributed by atoms with Crippen molar-refractivity contribution < 1.29 is 9.15 Å². The molecule has 6 heteroatoms. The Balaban J connectivity index is 1.93. The van der Waals surface area contributed by atoms with E-state index in [2.05, 4.69) is 68.4 Å². The summed E-state index contributed by atoms with van der Waals surface area (Å²) in [7, 11) is 1.72. The Kier molecular flexibility index (Phi) is 6.80. The maximum absolute atomic E-state index is 6.17. The van der Waals surface area contributed by atoms with Crippen molar-refractivity contribution in [2.75, 3.05) is 7.11 Å². The first-order chi connectivity index (χ1) is 16.0. The zero-order valence-electron chi connectivity index (χ0n) is 21.0. The number of nitrogens with zero attached hydrogens (tertiary/aromatic N) is 2. The number of hydrogen-bond acceptors (Lipinski definition) is 4. The summed E-state index contributed by atoms with van der Waals surface area (Å²) in [5.41, 5.74) is 4.29. The Morgan fingerprint density at radius 2 is 1.76 bits per heavy atom. The highest BCUT2D eigenvalue weighted by Crippen LogP contribution is 2.44. The molecule has 4 aromatic rings. The van der Waals surface area contributed by atoms with Crippen LogP contribution in [-0.2, 0) is 18.4 Å². The molecule has 0 atom stereocenters. The van der Waals surface area contributed by atoms with Crippen LogP contribution in [0.5, 0.6) is 5.75 Å². The van der Waals surface area contributed by atoms with Gasteiger partial charge < -0.3 is 13.7 Å². The van der Waals surface area contributed by atoms with Gasteiger partial charge in [0.2, 0.25) is 0 Å². The van der Waals surface area contributed by atoms with Crippen molar-refractivity contribution in [2.45, 2.75) is 69.6 Å². The highest BCUT2D eigenvalue weighted by molar-refractivity contribution is 8.00. The Bertz CT molecular complexity index is 1300. The van der Waals surface area contributed by atoms with E-state index in [-0.39, 0.29) is 10.2 Å². The number of aromatic nitrogens is 2. The fourth-order valence-electron chi connectivity index (χ4n) is 4.19. The molecular formula is C28H33ClN2O2S. The normalized spacial score (nSPS) is 12.5. The van der Waals surface area contributed by atoms with Gasteiger partial charge in [-0.2, -0.15) is 0 Å². The average molecular weight is 497 g/mol. The van der Waals surface area contributed by atoms with E-state index in [0.717, 1.165) is 35.3 Å². The van der Waals surface area contributed by atoms with E-state index in [9.17, 15) is 0 Å². The van der Waals surface area contributed by atoms with Crippen LogP contribution >= 0.6 is 23.4 Å². The lowest BCUT2D eigenvalue weighted by Gasteiger charge is -2.25. The Morgan fingerprint density at radius 3 is 2.35 bits per heavy atom. The fraction of sp³-hybridized carbons (Fsp3) is 0.393. The minimum atomic E-state index is -0.280. The predicted molar refractivity (Wildman–Crippen MR) is 143 cm³/mol. The van der Waals surface area contributed by atoms with Crippen molar-refractivity contribution in [2.24, 2.45) is 0 Å². The first-order valence-corrected chi connectivity index (χ1v) is 12.7. The molecule has 0 unspecified atom stereocenters. The van der Waals surface area contributed by atoms with Gasteiger partial charge >= 0.3 is 0 Å². The van der Waals surface area contributed by atoms with Gasteiger partial charge in [-0.1, -0.05) is 58.4 Å². The van der Waals surface area contributed by atoms with Crippen molar-refractivity contribution in [1.82, 2.24) is 9.55 Å². The lowest BCUT2D eigenvalue weighted by Crippen LogP contribution is -2.24. The number of ether oxygens (including phenoxy) is 1. The van der Waals surface area contributed by atoms with Gasteiger partial charge in [0.1, 0.15) is 12.0 Å². The quantitative estimate of drug-likeness (QED) is 0.242. The van der Waals surface area contributed by atoms with Gasteiger partial charge in [-0.25, -0.2) is 4.98 Å². The molecule has 0 amide bonds. The monoisotopic (exact) mass is 496 g/mol. The smallest absolute Gasteiger partial charge is 0.200 e. The molecule has 0 aliphatic carbocycles. The number of halogens is 1. The first-order valence-electron chi connectivity index (χ1n) is 11.5. The van der Waals surface area contributed by atoms with Crippen LogP contribution in [0.3, 0.4) is 0 Å². The number of thioether (sulfide) groups is 1. The topological polar surface area (TPSA) is 40.2 Å². The molecule has 0 aliphatic rings. The summed E-state index contributed by atoms with van der Waals surface area (Å²) in [5, 5.41) is 1.96. The second kappa shape index (κ2) is 9.35. The molecular weight excluding hydrogens is 464 g/mol. The Hall–Kier alpha value is -2.37. The second-order valence-corrected chi connectivity index (χ2v) is 12.7. The molecule has 0 fully saturated rings. The van der Waals surface area contributed by atoms with E-state index in [0.29, 0.717) is 0 Å². The number of benzene rings is 2. The molecule has 4 nitrogen and oxygen atoms in total. The van der Waals surface area contributed by atoms with Crippen LogP contribution in [0, 0.1) is 6.92 Å². The summed E-state index contributed by atoms with van der Waals surface area (Å²) in [4.78, 5) is 5.95. The standard InChI is InChI=1S/C28H33ClN2O2S/c1-18-17-33-26(30-18)28(5,6)15-24-25(34-27(2,3)4)22-14-21(32-7)12-13-23(22)31(24)16-19-8-10-20(29)11-9-19/h8-14,17H,15-16H2,1-7H3. The van der Waals surface area contributed by atoms with Crippen LogP contribution in [0.4, 0.5) is 0 Å². The first kappa shape index (κ1) is 24.7. The van der Waals surface area contributed by atoms with Crippen LogP contribution in [0.1, 0.15) is 57.5 Å². The predicted octanol–water partition coefficient (Wildman–Crippen LogP) is 8.06. The molecule has 2 heterocycles. The lowest BCUT2D eigenvalue weighted by molar-refractivity contribution is 0.360.